The molecule has 0 bridgehead atoms. The van der Waals surface area contributed by atoms with E-state index in [0.717, 1.165) is 18.4 Å². The summed E-state index contributed by atoms with van der Waals surface area (Å²) in [5.74, 6) is 0.172. The van der Waals surface area contributed by atoms with Gasteiger partial charge in [-0.25, -0.2) is 0 Å². The lowest BCUT2D eigenvalue weighted by atomic mass is 10.1. The number of halogens is 1. The zero-order valence-electron chi connectivity index (χ0n) is 11.2. The molecule has 0 aliphatic heterocycles. The van der Waals surface area contributed by atoms with E-state index in [1.807, 2.05) is 12.1 Å². The number of benzene rings is 1. The lowest BCUT2D eigenvalue weighted by Crippen LogP contribution is -2.35. The highest BCUT2D eigenvalue weighted by atomic mass is 35.5. The first-order valence-corrected chi connectivity index (χ1v) is 6.55. The van der Waals surface area contributed by atoms with Gasteiger partial charge in [-0.05, 0) is 30.5 Å². The molecule has 1 aromatic carbocycles. The van der Waals surface area contributed by atoms with Gasteiger partial charge in [0.15, 0.2) is 0 Å². The predicted molar refractivity (Wildman–Crippen MR) is 79.6 cm³/mol. The van der Waals surface area contributed by atoms with Gasteiger partial charge in [-0.15, -0.1) is 12.4 Å². The molecule has 1 fully saturated rings. The van der Waals surface area contributed by atoms with Crippen molar-refractivity contribution in [3.63, 3.8) is 0 Å². The predicted octanol–water partition coefficient (Wildman–Crippen LogP) is 0.823. The van der Waals surface area contributed by atoms with E-state index >= 15 is 0 Å². The Hall–Kier alpha value is -1.59. The summed E-state index contributed by atoms with van der Waals surface area (Å²) in [6, 6.07) is 7.17. The second-order valence-corrected chi connectivity index (χ2v) is 4.72. The summed E-state index contributed by atoms with van der Waals surface area (Å²) in [5, 5.41) is 5.57. The van der Waals surface area contributed by atoms with Crippen LogP contribution in [0, 0.1) is 5.92 Å². The number of nitrogens with one attached hydrogen (secondary N) is 2. The summed E-state index contributed by atoms with van der Waals surface area (Å²) >= 11 is 0. The molecule has 1 aliphatic carbocycles. The van der Waals surface area contributed by atoms with E-state index in [9.17, 15) is 9.59 Å². The van der Waals surface area contributed by atoms with Crippen LogP contribution in [-0.4, -0.2) is 24.9 Å². The number of carbonyl (C=O) groups excluding carboxylic acids is 2. The minimum Gasteiger partial charge on any atom is -0.354 e. The van der Waals surface area contributed by atoms with Crippen molar-refractivity contribution >= 4 is 24.2 Å². The van der Waals surface area contributed by atoms with Crippen molar-refractivity contribution in [2.45, 2.75) is 19.4 Å². The fourth-order valence-corrected chi connectivity index (χ4v) is 1.75. The highest BCUT2D eigenvalue weighted by molar-refractivity contribution is 5.94. The van der Waals surface area contributed by atoms with Crippen LogP contribution in [-0.2, 0) is 11.3 Å². The molecule has 5 nitrogen and oxygen atoms in total. The van der Waals surface area contributed by atoms with Gasteiger partial charge in [0.2, 0.25) is 5.91 Å². The van der Waals surface area contributed by atoms with Crippen LogP contribution in [0.15, 0.2) is 24.3 Å². The molecule has 0 spiro atoms. The Morgan fingerprint density at radius 1 is 1.10 bits per heavy atom. The van der Waals surface area contributed by atoms with Gasteiger partial charge in [-0.2, -0.15) is 0 Å². The maximum Gasteiger partial charge on any atom is 0.251 e. The van der Waals surface area contributed by atoms with Gasteiger partial charge in [-0.1, -0.05) is 12.1 Å². The first-order chi connectivity index (χ1) is 9.20. The summed E-state index contributed by atoms with van der Waals surface area (Å²) in [6.07, 6.45) is 1.98. The average Bonchev–Trinajstić information content (AvgIpc) is 3.27. The van der Waals surface area contributed by atoms with Gasteiger partial charge < -0.3 is 16.4 Å². The fourth-order valence-electron chi connectivity index (χ4n) is 1.75. The minimum atomic E-state index is -0.135. The zero-order chi connectivity index (χ0) is 13.7. The Morgan fingerprint density at radius 2 is 1.70 bits per heavy atom. The number of hydrogen-bond acceptors (Lipinski definition) is 3. The molecule has 1 saturated carbocycles. The van der Waals surface area contributed by atoms with Crippen molar-refractivity contribution in [2.24, 2.45) is 11.7 Å². The molecule has 0 radical (unpaired) electrons. The van der Waals surface area contributed by atoms with Gasteiger partial charge >= 0.3 is 0 Å². The van der Waals surface area contributed by atoms with Gasteiger partial charge in [0.25, 0.3) is 5.91 Å². The summed E-state index contributed by atoms with van der Waals surface area (Å²) in [4.78, 5) is 23.1. The molecule has 0 aromatic heterocycles. The van der Waals surface area contributed by atoms with E-state index in [-0.39, 0.29) is 30.1 Å². The molecule has 0 saturated heterocycles. The van der Waals surface area contributed by atoms with E-state index in [1.165, 1.54) is 0 Å². The Kier molecular flexibility index (Phi) is 6.48. The van der Waals surface area contributed by atoms with Crippen molar-refractivity contribution in [2.75, 3.05) is 13.1 Å². The molecule has 0 atom stereocenters. The molecule has 1 aliphatic rings. The maximum atomic E-state index is 11.8. The Bertz CT molecular complexity index is 458. The third-order valence-electron chi connectivity index (χ3n) is 3.11. The second kappa shape index (κ2) is 7.87. The largest absolute Gasteiger partial charge is 0.354 e. The second-order valence-electron chi connectivity index (χ2n) is 4.72. The highest BCUT2D eigenvalue weighted by Crippen LogP contribution is 2.28. The van der Waals surface area contributed by atoms with Crippen LogP contribution in [0.3, 0.4) is 0 Å². The van der Waals surface area contributed by atoms with Crippen LogP contribution in [0.25, 0.3) is 0 Å². The molecule has 0 unspecified atom stereocenters. The Balaban J connectivity index is 0.00000200. The fraction of sp³-hybridized carbons (Fsp3) is 0.429. The van der Waals surface area contributed by atoms with Gasteiger partial charge in [0.05, 0.1) is 0 Å². The smallest absolute Gasteiger partial charge is 0.251 e. The summed E-state index contributed by atoms with van der Waals surface area (Å²) in [7, 11) is 0. The topological polar surface area (TPSA) is 84.2 Å². The van der Waals surface area contributed by atoms with Crippen LogP contribution in [0.4, 0.5) is 0 Å². The number of nitrogens with two attached hydrogens (primary N) is 1. The van der Waals surface area contributed by atoms with Crippen molar-refractivity contribution in [1.29, 1.82) is 0 Å². The summed E-state index contributed by atoms with van der Waals surface area (Å²) in [6.45, 7) is 1.38. The SMILES string of the molecule is Cl.NCc1ccc(C(=O)NCCNC(=O)C2CC2)cc1. The lowest BCUT2D eigenvalue weighted by Gasteiger charge is -2.07. The third kappa shape index (κ3) is 4.83. The molecule has 2 rings (SSSR count). The summed E-state index contributed by atoms with van der Waals surface area (Å²) in [5.41, 5.74) is 7.09. The van der Waals surface area contributed by atoms with Gasteiger partial charge in [-0.3, -0.25) is 9.59 Å². The Morgan fingerprint density at radius 3 is 2.25 bits per heavy atom. The average molecular weight is 298 g/mol. The maximum absolute atomic E-state index is 11.8. The monoisotopic (exact) mass is 297 g/mol. The lowest BCUT2D eigenvalue weighted by molar-refractivity contribution is -0.122. The van der Waals surface area contributed by atoms with Crippen LogP contribution in [0.5, 0.6) is 0 Å². The number of rotatable bonds is 6. The molecular formula is C14H20ClN3O2. The molecule has 4 N–H and O–H groups in total. The normalized spacial score (nSPS) is 13.2. The van der Waals surface area contributed by atoms with Crippen LogP contribution >= 0.6 is 12.4 Å². The molecule has 1 aromatic rings. The van der Waals surface area contributed by atoms with E-state index in [0.29, 0.717) is 25.2 Å². The van der Waals surface area contributed by atoms with Crippen LogP contribution in [0.2, 0.25) is 0 Å². The standard InChI is InChI=1S/C14H19N3O2.ClH/c15-9-10-1-3-11(4-2-10)13(18)16-7-8-17-14(19)12-5-6-12;/h1-4,12H,5-9,15H2,(H,16,18)(H,17,19);1H. The first kappa shape index (κ1) is 16.5. The minimum absolute atomic E-state index is 0. The van der Waals surface area contributed by atoms with E-state index in [4.69, 9.17) is 5.73 Å². The van der Waals surface area contributed by atoms with Gasteiger partial charge in [0, 0.05) is 31.1 Å². The first-order valence-electron chi connectivity index (χ1n) is 6.55. The molecule has 110 valence electrons. The molecule has 20 heavy (non-hydrogen) atoms. The zero-order valence-corrected chi connectivity index (χ0v) is 12.0. The number of carbonyl (C=O) groups is 2. The van der Waals surface area contributed by atoms with Crippen molar-refractivity contribution < 1.29 is 9.59 Å². The highest BCUT2D eigenvalue weighted by Gasteiger charge is 2.28. The van der Waals surface area contributed by atoms with Crippen molar-refractivity contribution in [3.8, 4) is 0 Å². The van der Waals surface area contributed by atoms with E-state index in [1.54, 1.807) is 12.1 Å². The third-order valence-corrected chi connectivity index (χ3v) is 3.11. The van der Waals surface area contributed by atoms with Crippen molar-refractivity contribution in [1.82, 2.24) is 10.6 Å². The number of amides is 2. The van der Waals surface area contributed by atoms with Crippen molar-refractivity contribution in [3.05, 3.63) is 35.4 Å². The quantitative estimate of drug-likeness (QED) is 0.680. The summed E-state index contributed by atoms with van der Waals surface area (Å²) < 4.78 is 0. The molecule has 2 amide bonds. The van der Waals surface area contributed by atoms with E-state index < -0.39 is 0 Å². The van der Waals surface area contributed by atoms with E-state index in [2.05, 4.69) is 10.6 Å². The number of hydrogen-bond donors (Lipinski definition) is 3. The molecule has 0 heterocycles. The van der Waals surface area contributed by atoms with Crippen LogP contribution < -0.4 is 16.4 Å². The molecular weight excluding hydrogens is 278 g/mol. The molecule has 6 heteroatoms. The van der Waals surface area contributed by atoms with Crippen LogP contribution in [0.1, 0.15) is 28.8 Å². The van der Waals surface area contributed by atoms with Gasteiger partial charge in [0.1, 0.15) is 0 Å². The Labute approximate surface area is 124 Å².